The van der Waals surface area contributed by atoms with Crippen LogP contribution < -0.4 is 10.5 Å². The van der Waals surface area contributed by atoms with Crippen molar-refractivity contribution < 1.29 is 9.13 Å². The summed E-state index contributed by atoms with van der Waals surface area (Å²) in [6.07, 6.45) is 0.640. The SMILES string of the molecule is COc1ccc(CC(C)(N)c2cc(F)ccc2C)cc1. The van der Waals surface area contributed by atoms with Crippen molar-refractivity contribution in [3.8, 4) is 5.75 Å². The Hall–Kier alpha value is -1.87. The van der Waals surface area contributed by atoms with Gasteiger partial charge in [0, 0.05) is 5.54 Å². The van der Waals surface area contributed by atoms with Gasteiger partial charge in [-0.15, -0.1) is 0 Å². The van der Waals surface area contributed by atoms with E-state index in [1.54, 1.807) is 13.2 Å². The number of halogens is 1. The number of aryl methyl sites for hydroxylation is 1. The molecule has 0 fully saturated rings. The predicted molar refractivity (Wildman–Crippen MR) is 79.4 cm³/mol. The molecule has 20 heavy (non-hydrogen) atoms. The lowest BCUT2D eigenvalue weighted by atomic mass is 9.84. The van der Waals surface area contributed by atoms with E-state index in [9.17, 15) is 4.39 Å². The minimum atomic E-state index is -0.610. The number of hydrogen-bond acceptors (Lipinski definition) is 2. The van der Waals surface area contributed by atoms with E-state index in [0.717, 1.165) is 22.4 Å². The molecule has 0 spiro atoms. The number of rotatable bonds is 4. The molecule has 0 aliphatic rings. The largest absolute Gasteiger partial charge is 0.497 e. The molecular formula is C17H20FNO. The van der Waals surface area contributed by atoms with Crippen LogP contribution in [-0.2, 0) is 12.0 Å². The molecule has 2 nitrogen and oxygen atoms in total. The summed E-state index contributed by atoms with van der Waals surface area (Å²) in [7, 11) is 1.64. The van der Waals surface area contributed by atoms with Crippen molar-refractivity contribution in [2.24, 2.45) is 5.73 Å². The molecule has 0 saturated carbocycles. The van der Waals surface area contributed by atoms with Crippen LogP contribution >= 0.6 is 0 Å². The minimum absolute atomic E-state index is 0.253. The molecule has 2 aromatic rings. The highest BCUT2D eigenvalue weighted by molar-refractivity contribution is 5.35. The summed E-state index contributed by atoms with van der Waals surface area (Å²) in [5, 5.41) is 0. The minimum Gasteiger partial charge on any atom is -0.497 e. The van der Waals surface area contributed by atoms with Crippen LogP contribution in [0.4, 0.5) is 4.39 Å². The topological polar surface area (TPSA) is 35.2 Å². The van der Waals surface area contributed by atoms with Crippen molar-refractivity contribution in [2.75, 3.05) is 7.11 Å². The summed E-state index contributed by atoms with van der Waals surface area (Å²) in [6, 6.07) is 12.5. The Morgan fingerprint density at radius 2 is 1.80 bits per heavy atom. The van der Waals surface area contributed by atoms with Crippen LogP contribution in [0.15, 0.2) is 42.5 Å². The molecule has 0 radical (unpaired) electrons. The van der Waals surface area contributed by atoms with Crippen molar-refractivity contribution in [3.63, 3.8) is 0 Å². The van der Waals surface area contributed by atoms with E-state index in [1.807, 2.05) is 38.1 Å². The van der Waals surface area contributed by atoms with Crippen LogP contribution in [0.25, 0.3) is 0 Å². The molecule has 3 heteroatoms. The van der Waals surface area contributed by atoms with Crippen molar-refractivity contribution in [2.45, 2.75) is 25.8 Å². The normalized spacial score (nSPS) is 13.8. The summed E-state index contributed by atoms with van der Waals surface area (Å²) in [5.74, 6) is 0.561. The van der Waals surface area contributed by atoms with Gasteiger partial charge in [0.05, 0.1) is 7.11 Å². The maximum Gasteiger partial charge on any atom is 0.123 e. The van der Waals surface area contributed by atoms with Gasteiger partial charge in [0.2, 0.25) is 0 Å². The third kappa shape index (κ3) is 3.17. The molecule has 1 atom stereocenters. The Labute approximate surface area is 119 Å². The van der Waals surface area contributed by atoms with E-state index in [4.69, 9.17) is 10.5 Å². The fourth-order valence-electron chi connectivity index (χ4n) is 2.47. The predicted octanol–water partition coefficient (Wildman–Crippen LogP) is 3.56. The van der Waals surface area contributed by atoms with Crippen molar-refractivity contribution >= 4 is 0 Å². The molecule has 0 bridgehead atoms. The van der Waals surface area contributed by atoms with Crippen molar-refractivity contribution in [1.29, 1.82) is 0 Å². The number of methoxy groups -OCH3 is 1. The number of hydrogen-bond donors (Lipinski definition) is 1. The molecule has 0 aromatic heterocycles. The molecule has 0 saturated heterocycles. The molecule has 2 aromatic carbocycles. The van der Waals surface area contributed by atoms with E-state index in [1.165, 1.54) is 12.1 Å². The lowest BCUT2D eigenvalue weighted by Crippen LogP contribution is -2.36. The monoisotopic (exact) mass is 273 g/mol. The van der Waals surface area contributed by atoms with Gasteiger partial charge in [-0.3, -0.25) is 0 Å². The quantitative estimate of drug-likeness (QED) is 0.924. The average molecular weight is 273 g/mol. The highest BCUT2D eigenvalue weighted by Crippen LogP contribution is 2.27. The second kappa shape index (κ2) is 5.63. The van der Waals surface area contributed by atoms with Gasteiger partial charge >= 0.3 is 0 Å². The molecular weight excluding hydrogens is 253 g/mol. The van der Waals surface area contributed by atoms with E-state index < -0.39 is 5.54 Å². The smallest absolute Gasteiger partial charge is 0.123 e. The fourth-order valence-corrected chi connectivity index (χ4v) is 2.47. The van der Waals surface area contributed by atoms with E-state index in [-0.39, 0.29) is 5.82 Å². The van der Waals surface area contributed by atoms with E-state index in [0.29, 0.717) is 6.42 Å². The van der Waals surface area contributed by atoms with Crippen LogP contribution in [0.2, 0.25) is 0 Å². The summed E-state index contributed by atoms with van der Waals surface area (Å²) < 4.78 is 18.6. The zero-order chi connectivity index (χ0) is 14.8. The first-order valence-corrected chi connectivity index (χ1v) is 6.61. The Kier molecular flexibility index (Phi) is 4.09. The van der Waals surface area contributed by atoms with Gasteiger partial charge in [-0.2, -0.15) is 0 Å². The molecule has 2 rings (SSSR count). The average Bonchev–Trinajstić information content (AvgIpc) is 2.42. The lowest BCUT2D eigenvalue weighted by Gasteiger charge is -2.27. The summed E-state index contributed by atoms with van der Waals surface area (Å²) in [6.45, 7) is 3.88. The van der Waals surface area contributed by atoms with Gasteiger partial charge in [0.1, 0.15) is 11.6 Å². The van der Waals surface area contributed by atoms with Crippen molar-refractivity contribution in [1.82, 2.24) is 0 Å². The third-order valence-electron chi connectivity index (χ3n) is 3.55. The van der Waals surface area contributed by atoms with E-state index in [2.05, 4.69) is 0 Å². The number of ether oxygens (including phenoxy) is 1. The second-order valence-corrected chi connectivity index (χ2v) is 5.40. The number of benzene rings is 2. The first kappa shape index (κ1) is 14.5. The molecule has 2 N–H and O–H groups in total. The highest BCUT2D eigenvalue weighted by Gasteiger charge is 2.24. The van der Waals surface area contributed by atoms with Crippen LogP contribution in [-0.4, -0.2) is 7.11 Å². The Morgan fingerprint density at radius 1 is 1.15 bits per heavy atom. The van der Waals surface area contributed by atoms with Crippen LogP contribution in [0.3, 0.4) is 0 Å². The maximum absolute atomic E-state index is 13.4. The van der Waals surface area contributed by atoms with Gasteiger partial charge in [0.25, 0.3) is 0 Å². The van der Waals surface area contributed by atoms with Gasteiger partial charge in [-0.1, -0.05) is 18.2 Å². The second-order valence-electron chi connectivity index (χ2n) is 5.40. The summed E-state index contributed by atoms with van der Waals surface area (Å²) in [4.78, 5) is 0. The molecule has 0 heterocycles. The molecule has 106 valence electrons. The molecule has 0 aliphatic carbocycles. The van der Waals surface area contributed by atoms with Gasteiger partial charge in [0.15, 0.2) is 0 Å². The fraction of sp³-hybridized carbons (Fsp3) is 0.294. The molecule has 0 aliphatic heterocycles. The van der Waals surface area contributed by atoms with Gasteiger partial charge < -0.3 is 10.5 Å². The Bertz CT molecular complexity index is 590. The zero-order valence-electron chi connectivity index (χ0n) is 12.1. The number of nitrogens with two attached hydrogens (primary N) is 1. The first-order chi connectivity index (χ1) is 9.42. The lowest BCUT2D eigenvalue weighted by molar-refractivity contribution is 0.414. The maximum atomic E-state index is 13.4. The van der Waals surface area contributed by atoms with Crippen molar-refractivity contribution in [3.05, 3.63) is 65.0 Å². The van der Waals surface area contributed by atoms with Gasteiger partial charge in [-0.25, -0.2) is 4.39 Å². The highest BCUT2D eigenvalue weighted by atomic mass is 19.1. The Morgan fingerprint density at radius 3 is 2.40 bits per heavy atom. The summed E-state index contributed by atoms with van der Waals surface area (Å²) in [5.41, 5.74) is 8.74. The molecule has 1 unspecified atom stereocenters. The molecule has 0 amide bonds. The van der Waals surface area contributed by atoms with E-state index >= 15 is 0 Å². The van der Waals surface area contributed by atoms with Crippen LogP contribution in [0, 0.1) is 12.7 Å². The third-order valence-corrected chi connectivity index (χ3v) is 3.55. The van der Waals surface area contributed by atoms with Gasteiger partial charge in [-0.05, 0) is 61.2 Å². The van der Waals surface area contributed by atoms with Crippen LogP contribution in [0.5, 0.6) is 5.75 Å². The summed E-state index contributed by atoms with van der Waals surface area (Å²) >= 11 is 0. The van der Waals surface area contributed by atoms with Crippen LogP contribution in [0.1, 0.15) is 23.6 Å². The first-order valence-electron chi connectivity index (χ1n) is 6.61. The Balaban J connectivity index is 2.27. The standard InChI is InChI=1S/C17H20FNO/c1-12-4-7-14(18)10-16(12)17(2,19)11-13-5-8-15(20-3)9-6-13/h4-10H,11,19H2,1-3H3. The zero-order valence-corrected chi connectivity index (χ0v) is 12.1.